The monoisotopic (exact) mass is 433 g/mol. The first-order valence-corrected chi connectivity index (χ1v) is 10.5. The minimum atomic E-state index is -0.229. The molecule has 1 aliphatic heterocycles. The van der Waals surface area contributed by atoms with E-state index in [0.717, 1.165) is 16.8 Å². The number of carbonyl (C=O) groups excluding carboxylic acids is 1. The highest BCUT2D eigenvalue weighted by Gasteiger charge is 2.26. The maximum absolute atomic E-state index is 12.4. The van der Waals surface area contributed by atoms with Crippen LogP contribution < -0.4 is 10.6 Å². The molecule has 0 saturated carbocycles. The minimum absolute atomic E-state index is 0.200. The van der Waals surface area contributed by atoms with E-state index in [4.69, 9.17) is 11.6 Å². The van der Waals surface area contributed by atoms with E-state index in [1.54, 1.807) is 10.7 Å². The highest BCUT2D eigenvalue weighted by Crippen LogP contribution is 2.33. The third-order valence-corrected chi connectivity index (χ3v) is 5.85. The van der Waals surface area contributed by atoms with Gasteiger partial charge in [-0.05, 0) is 40.8 Å². The van der Waals surface area contributed by atoms with Crippen LogP contribution in [0.1, 0.15) is 26.8 Å². The summed E-state index contributed by atoms with van der Waals surface area (Å²) in [6, 6.07) is 21.0. The van der Waals surface area contributed by atoms with E-state index in [9.17, 15) is 4.79 Å². The van der Waals surface area contributed by atoms with Crippen LogP contribution in [0.5, 0.6) is 0 Å². The van der Waals surface area contributed by atoms with Crippen LogP contribution in [0, 0.1) is 0 Å². The van der Waals surface area contributed by atoms with Gasteiger partial charge in [0.15, 0.2) is 0 Å². The number of fused-ring (bicyclic) bond motifs is 1. The Morgan fingerprint density at radius 3 is 2.60 bits per heavy atom. The van der Waals surface area contributed by atoms with Gasteiger partial charge in [0.25, 0.3) is 11.9 Å². The third-order valence-electron chi connectivity index (χ3n) is 4.73. The Labute approximate surface area is 181 Å². The van der Waals surface area contributed by atoms with Gasteiger partial charge < -0.3 is 5.32 Å². The molecule has 4 aromatic rings. The molecule has 0 bridgehead atoms. The largest absolute Gasteiger partial charge is 0.324 e. The van der Waals surface area contributed by atoms with Crippen LogP contribution in [0.25, 0.3) is 5.70 Å². The number of halogens is 1. The predicted molar refractivity (Wildman–Crippen MR) is 120 cm³/mol. The van der Waals surface area contributed by atoms with Gasteiger partial charge in [0.05, 0.1) is 4.88 Å². The van der Waals surface area contributed by atoms with E-state index in [1.165, 1.54) is 11.3 Å². The second kappa shape index (κ2) is 7.78. The summed E-state index contributed by atoms with van der Waals surface area (Å²) >= 11 is 7.45. The summed E-state index contributed by atoms with van der Waals surface area (Å²) < 4.78 is 1.76. The fourth-order valence-corrected chi connectivity index (χ4v) is 4.05. The lowest BCUT2D eigenvalue weighted by Gasteiger charge is -2.24. The van der Waals surface area contributed by atoms with Gasteiger partial charge in [-0.1, -0.05) is 60.1 Å². The number of aromatic nitrogens is 3. The lowest BCUT2D eigenvalue weighted by Crippen LogP contribution is -2.20. The first-order valence-electron chi connectivity index (χ1n) is 9.28. The average Bonchev–Trinajstić information content (AvgIpc) is 3.44. The SMILES string of the molecule is O=C(Nc1nc2n(n1)[C@H](c1ccc(Cl)cc1)C=C(c1ccccc1)N2)c1cccs1. The molecule has 6 nitrogen and oxygen atoms in total. The van der Waals surface area contributed by atoms with E-state index >= 15 is 0 Å². The number of rotatable bonds is 4. The van der Waals surface area contributed by atoms with Gasteiger partial charge in [-0.2, -0.15) is 4.98 Å². The van der Waals surface area contributed by atoms with Crippen molar-refractivity contribution in [3.8, 4) is 0 Å². The molecule has 0 saturated heterocycles. The van der Waals surface area contributed by atoms with Gasteiger partial charge in [0.2, 0.25) is 5.95 Å². The molecule has 2 aromatic heterocycles. The molecule has 0 spiro atoms. The van der Waals surface area contributed by atoms with Crippen LogP contribution in [-0.2, 0) is 0 Å². The zero-order valence-corrected chi connectivity index (χ0v) is 17.2. The summed E-state index contributed by atoms with van der Waals surface area (Å²) in [5.74, 6) is 0.572. The molecule has 148 valence electrons. The van der Waals surface area contributed by atoms with Gasteiger partial charge in [0, 0.05) is 10.7 Å². The number of nitrogens with zero attached hydrogens (tertiary/aromatic N) is 3. The topological polar surface area (TPSA) is 71.8 Å². The molecular weight excluding hydrogens is 418 g/mol. The highest BCUT2D eigenvalue weighted by atomic mass is 35.5. The first kappa shape index (κ1) is 18.6. The van der Waals surface area contributed by atoms with E-state index < -0.39 is 0 Å². The summed E-state index contributed by atoms with van der Waals surface area (Å²) in [4.78, 5) is 17.5. The number of hydrogen-bond donors (Lipinski definition) is 2. The maximum atomic E-state index is 12.4. The average molecular weight is 434 g/mol. The van der Waals surface area contributed by atoms with Crippen LogP contribution in [0.2, 0.25) is 5.02 Å². The molecule has 8 heteroatoms. The number of allylic oxidation sites excluding steroid dienone is 1. The number of amides is 1. The van der Waals surface area contributed by atoms with Crippen LogP contribution >= 0.6 is 22.9 Å². The van der Waals surface area contributed by atoms with Crippen LogP contribution in [0.15, 0.2) is 78.2 Å². The third kappa shape index (κ3) is 3.60. The normalized spacial score (nSPS) is 15.1. The van der Waals surface area contributed by atoms with E-state index in [2.05, 4.69) is 26.8 Å². The molecule has 0 aliphatic carbocycles. The van der Waals surface area contributed by atoms with E-state index in [0.29, 0.717) is 15.8 Å². The van der Waals surface area contributed by atoms with Crippen molar-refractivity contribution in [3.05, 3.63) is 99.2 Å². The van der Waals surface area contributed by atoms with Gasteiger partial charge in [-0.15, -0.1) is 16.4 Å². The molecular formula is C22H16ClN5OS. The molecule has 1 aliphatic rings. The van der Waals surface area contributed by atoms with Gasteiger partial charge >= 0.3 is 0 Å². The molecule has 0 radical (unpaired) electrons. The summed E-state index contributed by atoms with van der Waals surface area (Å²) in [7, 11) is 0. The minimum Gasteiger partial charge on any atom is -0.324 e. The number of anilines is 2. The van der Waals surface area contributed by atoms with Gasteiger partial charge in [-0.3, -0.25) is 10.1 Å². The number of carbonyl (C=O) groups is 1. The molecule has 1 atom stereocenters. The Balaban J connectivity index is 1.53. The number of thiophene rings is 1. The first-order chi connectivity index (χ1) is 14.7. The van der Waals surface area contributed by atoms with Crippen LogP contribution in [0.3, 0.4) is 0 Å². The smallest absolute Gasteiger partial charge is 0.268 e. The molecule has 5 rings (SSSR count). The Morgan fingerprint density at radius 1 is 1.07 bits per heavy atom. The van der Waals surface area contributed by atoms with Gasteiger partial charge in [0.1, 0.15) is 6.04 Å². The molecule has 0 fully saturated rings. The summed E-state index contributed by atoms with van der Waals surface area (Å²) in [6.45, 7) is 0. The quantitative estimate of drug-likeness (QED) is 0.458. The second-order valence-corrected chi connectivity index (χ2v) is 8.09. The number of nitrogens with one attached hydrogen (secondary N) is 2. The Bertz CT molecular complexity index is 1220. The van der Waals surface area contributed by atoms with Crippen molar-refractivity contribution in [2.45, 2.75) is 6.04 Å². The Kier molecular flexibility index (Phi) is 4.82. The van der Waals surface area contributed by atoms with Crippen molar-refractivity contribution in [1.29, 1.82) is 0 Å². The molecule has 30 heavy (non-hydrogen) atoms. The van der Waals surface area contributed by atoms with Crippen molar-refractivity contribution < 1.29 is 4.79 Å². The molecule has 3 heterocycles. The standard InChI is InChI=1S/C22H16ClN5OS/c23-16-10-8-15(9-11-16)18-13-17(14-5-2-1-3-6-14)24-22-26-21(27-28(18)22)25-20(29)19-7-4-12-30-19/h1-13,18H,(H2,24,25,26,27,29)/t18-/m0/s1. The maximum Gasteiger partial charge on any atom is 0.268 e. The summed E-state index contributed by atoms with van der Waals surface area (Å²) in [5, 5.41) is 13.2. The fraction of sp³-hybridized carbons (Fsp3) is 0.0455. The molecule has 1 amide bonds. The fourth-order valence-electron chi connectivity index (χ4n) is 3.30. The van der Waals surface area contributed by atoms with Crippen LogP contribution in [-0.4, -0.2) is 20.7 Å². The summed E-state index contributed by atoms with van der Waals surface area (Å²) in [6.07, 6.45) is 2.09. The molecule has 2 N–H and O–H groups in total. The molecule has 0 unspecified atom stereocenters. The van der Waals surface area contributed by atoms with Crippen molar-refractivity contribution in [2.24, 2.45) is 0 Å². The lowest BCUT2D eigenvalue weighted by atomic mass is 10.0. The predicted octanol–water partition coefficient (Wildman–Crippen LogP) is 5.30. The highest BCUT2D eigenvalue weighted by molar-refractivity contribution is 7.12. The summed E-state index contributed by atoms with van der Waals surface area (Å²) in [5.41, 5.74) is 2.97. The van der Waals surface area contributed by atoms with Crippen LogP contribution in [0.4, 0.5) is 11.9 Å². The zero-order valence-electron chi connectivity index (χ0n) is 15.6. The van der Waals surface area contributed by atoms with E-state index in [1.807, 2.05) is 66.0 Å². The van der Waals surface area contributed by atoms with Crippen molar-refractivity contribution in [2.75, 3.05) is 10.6 Å². The van der Waals surface area contributed by atoms with Crippen molar-refractivity contribution >= 4 is 46.4 Å². The van der Waals surface area contributed by atoms with Crippen molar-refractivity contribution in [1.82, 2.24) is 14.8 Å². The second-order valence-electron chi connectivity index (χ2n) is 6.70. The lowest BCUT2D eigenvalue weighted by molar-refractivity contribution is 0.102. The van der Waals surface area contributed by atoms with Crippen molar-refractivity contribution in [3.63, 3.8) is 0 Å². The number of benzene rings is 2. The molecule has 2 aromatic carbocycles. The van der Waals surface area contributed by atoms with E-state index in [-0.39, 0.29) is 17.9 Å². The van der Waals surface area contributed by atoms with Gasteiger partial charge in [-0.25, -0.2) is 4.68 Å². The zero-order chi connectivity index (χ0) is 20.5. The number of hydrogen-bond acceptors (Lipinski definition) is 5. The Morgan fingerprint density at radius 2 is 1.87 bits per heavy atom. The Hall–Kier alpha value is -3.42.